The second-order valence-electron chi connectivity index (χ2n) is 1.98. The predicted molar refractivity (Wildman–Crippen MR) is 48.5 cm³/mol. The van der Waals surface area contributed by atoms with Crippen molar-refractivity contribution in [3.63, 3.8) is 0 Å². The Kier molecular flexibility index (Phi) is 6.07. The van der Waals surface area contributed by atoms with Gasteiger partial charge in [-0.25, -0.2) is 0 Å². The number of hydrogen-bond acceptors (Lipinski definition) is 2. The minimum atomic E-state index is -0.377. The van der Waals surface area contributed by atoms with Gasteiger partial charge in [0, 0.05) is 10.9 Å². The van der Waals surface area contributed by atoms with Crippen LogP contribution in [0.15, 0.2) is 22.7 Å². The summed E-state index contributed by atoms with van der Waals surface area (Å²) in [6, 6.07) is 0. The topological polar surface area (TPSA) is 37.3 Å². The van der Waals surface area contributed by atoms with Crippen molar-refractivity contribution in [3.05, 3.63) is 22.7 Å². The molecule has 62 valence electrons. The minimum Gasteiger partial charge on any atom is -0.389 e. The summed E-state index contributed by atoms with van der Waals surface area (Å²) in [4.78, 5) is 10.5. The van der Waals surface area contributed by atoms with Crippen molar-refractivity contribution in [1.82, 2.24) is 0 Å². The molecule has 2 nitrogen and oxygen atoms in total. The predicted octanol–water partition coefficient (Wildman–Crippen LogP) is 1.79. The highest BCUT2D eigenvalue weighted by Crippen LogP contribution is 2.05. The summed E-state index contributed by atoms with van der Waals surface area (Å²) in [5.41, 5.74) is 0. The Morgan fingerprint density at radius 2 is 2.27 bits per heavy atom. The fourth-order valence-corrected chi connectivity index (χ4v) is 0.651. The Morgan fingerprint density at radius 1 is 1.64 bits per heavy atom. The van der Waals surface area contributed by atoms with E-state index in [0.717, 1.165) is 4.48 Å². The summed E-state index contributed by atoms with van der Waals surface area (Å²) < 4.78 is 0.934. The Morgan fingerprint density at radius 3 is 2.73 bits per heavy atom. The van der Waals surface area contributed by atoms with E-state index in [9.17, 15) is 4.79 Å². The molecule has 0 saturated heterocycles. The van der Waals surface area contributed by atoms with Gasteiger partial charge in [-0.05, 0) is 6.92 Å². The van der Waals surface area contributed by atoms with E-state index in [-0.39, 0.29) is 12.4 Å². The summed E-state index contributed by atoms with van der Waals surface area (Å²) in [6.07, 6.45) is 5.66. The molecule has 0 aromatic carbocycles. The van der Waals surface area contributed by atoms with Crippen LogP contribution in [-0.4, -0.2) is 17.5 Å². The van der Waals surface area contributed by atoms with Gasteiger partial charge >= 0.3 is 0 Å². The molecule has 11 heavy (non-hydrogen) atoms. The van der Waals surface area contributed by atoms with Crippen molar-refractivity contribution in [2.45, 2.75) is 13.3 Å². The largest absolute Gasteiger partial charge is 0.389 e. The molecule has 0 saturated carbocycles. The van der Waals surface area contributed by atoms with Gasteiger partial charge in [0.1, 0.15) is 6.61 Å². The number of ketones is 1. The van der Waals surface area contributed by atoms with E-state index in [1.807, 2.05) is 13.0 Å². The standard InChI is InChI=1S/C8H11BrO2/c1-2-7(9)4-3-5-8(11)6-10/h2-4,10H,5-6H2,1H3/b4-3-,7-2+. The van der Waals surface area contributed by atoms with Crippen LogP contribution in [0.25, 0.3) is 0 Å². The molecule has 0 aliphatic rings. The highest BCUT2D eigenvalue weighted by Gasteiger charge is 1.93. The number of carbonyl (C=O) groups is 1. The molecule has 3 heteroatoms. The van der Waals surface area contributed by atoms with Crippen LogP contribution in [0.2, 0.25) is 0 Å². The molecule has 0 aliphatic carbocycles. The van der Waals surface area contributed by atoms with Crippen molar-refractivity contribution >= 4 is 21.7 Å². The van der Waals surface area contributed by atoms with Crippen LogP contribution in [0, 0.1) is 0 Å². The SMILES string of the molecule is C/C=C(Br)\C=C/CC(=O)CO. The molecular weight excluding hydrogens is 208 g/mol. The first-order valence-electron chi connectivity index (χ1n) is 3.31. The molecule has 0 spiro atoms. The number of aliphatic hydroxyl groups excluding tert-OH is 1. The summed E-state index contributed by atoms with van der Waals surface area (Å²) in [6.45, 7) is 1.51. The maximum Gasteiger partial charge on any atom is 0.161 e. The summed E-state index contributed by atoms with van der Waals surface area (Å²) in [7, 11) is 0. The third kappa shape index (κ3) is 6.01. The third-order valence-electron chi connectivity index (χ3n) is 1.07. The van der Waals surface area contributed by atoms with Crippen molar-refractivity contribution in [2.75, 3.05) is 6.61 Å². The lowest BCUT2D eigenvalue weighted by Crippen LogP contribution is -2.00. The number of halogens is 1. The Labute approximate surface area is 74.7 Å². The Bertz CT molecular complexity index is 183. The summed E-state index contributed by atoms with van der Waals surface area (Å²) in [5.74, 6) is -0.169. The van der Waals surface area contributed by atoms with E-state index in [1.165, 1.54) is 0 Å². The number of rotatable bonds is 4. The highest BCUT2D eigenvalue weighted by atomic mass is 79.9. The van der Waals surface area contributed by atoms with Gasteiger partial charge in [0.15, 0.2) is 5.78 Å². The van der Waals surface area contributed by atoms with E-state index in [1.54, 1.807) is 12.2 Å². The Balaban J connectivity index is 3.69. The normalized spacial score (nSPS) is 12.5. The zero-order valence-electron chi connectivity index (χ0n) is 6.38. The van der Waals surface area contributed by atoms with Crippen molar-refractivity contribution in [1.29, 1.82) is 0 Å². The molecule has 0 aromatic rings. The number of Topliss-reactive ketones (excluding diaryl/α,β-unsaturated/α-hetero) is 1. The first-order valence-corrected chi connectivity index (χ1v) is 4.11. The lowest BCUT2D eigenvalue weighted by molar-refractivity contribution is -0.120. The van der Waals surface area contributed by atoms with Crippen LogP contribution in [0.1, 0.15) is 13.3 Å². The average Bonchev–Trinajstić information content (AvgIpc) is 2.04. The second-order valence-corrected chi connectivity index (χ2v) is 2.89. The molecule has 0 aliphatic heterocycles. The third-order valence-corrected chi connectivity index (χ3v) is 1.80. The van der Waals surface area contributed by atoms with Crippen LogP contribution in [0.4, 0.5) is 0 Å². The van der Waals surface area contributed by atoms with E-state index in [2.05, 4.69) is 15.9 Å². The first kappa shape index (κ1) is 10.6. The molecule has 0 unspecified atom stereocenters. The summed E-state index contributed by atoms with van der Waals surface area (Å²) in [5, 5.41) is 8.35. The average molecular weight is 219 g/mol. The fourth-order valence-electron chi connectivity index (χ4n) is 0.464. The molecule has 0 radical (unpaired) electrons. The van der Waals surface area contributed by atoms with Crippen LogP contribution >= 0.6 is 15.9 Å². The smallest absolute Gasteiger partial charge is 0.161 e. The molecular formula is C8H11BrO2. The minimum absolute atomic E-state index is 0.169. The molecule has 0 heterocycles. The first-order chi connectivity index (χ1) is 5.20. The number of allylic oxidation sites excluding steroid dienone is 4. The molecule has 0 atom stereocenters. The molecule has 0 amide bonds. The Hall–Kier alpha value is -0.410. The van der Waals surface area contributed by atoms with Gasteiger partial charge in [0.05, 0.1) is 0 Å². The van der Waals surface area contributed by atoms with Gasteiger partial charge in [0.2, 0.25) is 0 Å². The van der Waals surface area contributed by atoms with Crippen molar-refractivity contribution < 1.29 is 9.90 Å². The molecule has 1 N–H and O–H groups in total. The zero-order valence-corrected chi connectivity index (χ0v) is 7.97. The van der Waals surface area contributed by atoms with E-state index in [0.29, 0.717) is 6.42 Å². The van der Waals surface area contributed by atoms with Gasteiger partial charge in [0.25, 0.3) is 0 Å². The number of carbonyl (C=O) groups excluding carboxylic acids is 1. The van der Waals surface area contributed by atoms with Gasteiger partial charge < -0.3 is 5.11 Å². The van der Waals surface area contributed by atoms with Crippen LogP contribution in [-0.2, 0) is 4.79 Å². The molecule has 0 bridgehead atoms. The number of aliphatic hydroxyl groups is 1. The van der Waals surface area contributed by atoms with E-state index in [4.69, 9.17) is 5.11 Å². The quantitative estimate of drug-likeness (QED) is 0.732. The molecule has 0 rings (SSSR count). The van der Waals surface area contributed by atoms with Crippen LogP contribution in [0.3, 0.4) is 0 Å². The lowest BCUT2D eigenvalue weighted by Gasteiger charge is -1.88. The molecule has 0 aromatic heterocycles. The highest BCUT2D eigenvalue weighted by molar-refractivity contribution is 9.11. The van der Waals surface area contributed by atoms with Crippen molar-refractivity contribution in [3.8, 4) is 0 Å². The lowest BCUT2D eigenvalue weighted by atomic mass is 10.3. The van der Waals surface area contributed by atoms with Crippen molar-refractivity contribution in [2.24, 2.45) is 0 Å². The van der Waals surface area contributed by atoms with Gasteiger partial charge in [-0.2, -0.15) is 0 Å². The monoisotopic (exact) mass is 218 g/mol. The molecule has 0 fully saturated rings. The van der Waals surface area contributed by atoms with E-state index >= 15 is 0 Å². The van der Waals surface area contributed by atoms with Crippen LogP contribution < -0.4 is 0 Å². The summed E-state index contributed by atoms with van der Waals surface area (Å²) >= 11 is 3.25. The van der Waals surface area contributed by atoms with Gasteiger partial charge in [-0.1, -0.05) is 34.2 Å². The number of hydrogen-bond donors (Lipinski definition) is 1. The maximum absolute atomic E-state index is 10.5. The van der Waals surface area contributed by atoms with E-state index < -0.39 is 0 Å². The van der Waals surface area contributed by atoms with Gasteiger partial charge in [-0.15, -0.1) is 0 Å². The van der Waals surface area contributed by atoms with Gasteiger partial charge in [-0.3, -0.25) is 4.79 Å². The zero-order chi connectivity index (χ0) is 8.69. The maximum atomic E-state index is 10.5. The second kappa shape index (κ2) is 6.31. The van der Waals surface area contributed by atoms with Crippen LogP contribution in [0.5, 0.6) is 0 Å². The fraction of sp³-hybridized carbons (Fsp3) is 0.375.